The van der Waals surface area contributed by atoms with Crippen molar-refractivity contribution in [2.24, 2.45) is 7.05 Å². The van der Waals surface area contributed by atoms with Gasteiger partial charge in [-0.1, -0.05) is 12.1 Å². The minimum atomic E-state index is -3.56. The monoisotopic (exact) mass is 411 g/mol. The first-order chi connectivity index (χ1) is 13.9. The van der Waals surface area contributed by atoms with E-state index in [1.807, 2.05) is 6.07 Å². The van der Waals surface area contributed by atoms with E-state index >= 15 is 0 Å². The summed E-state index contributed by atoms with van der Waals surface area (Å²) in [7, 11) is -1.91. The number of aryl methyl sites for hydroxylation is 1. The summed E-state index contributed by atoms with van der Waals surface area (Å²) < 4.78 is 29.3. The van der Waals surface area contributed by atoms with E-state index in [-0.39, 0.29) is 16.5 Å². The lowest BCUT2D eigenvalue weighted by molar-refractivity contribution is 0.581. The highest BCUT2D eigenvalue weighted by molar-refractivity contribution is 7.89. The van der Waals surface area contributed by atoms with E-state index in [1.165, 1.54) is 10.9 Å². The lowest BCUT2D eigenvalue weighted by Gasteiger charge is -2.12. The van der Waals surface area contributed by atoms with E-state index < -0.39 is 10.0 Å². The van der Waals surface area contributed by atoms with Crippen LogP contribution in [0.3, 0.4) is 0 Å². The molecule has 2 fully saturated rings. The third kappa shape index (κ3) is 3.63. The summed E-state index contributed by atoms with van der Waals surface area (Å²) in [6, 6.07) is 8.78. The number of nitrogens with zero attached hydrogens (tertiary/aromatic N) is 3. The van der Waals surface area contributed by atoms with Gasteiger partial charge in [0.05, 0.1) is 22.4 Å². The zero-order valence-corrected chi connectivity index (χ0v) is 16.7. The Morgan fingerprint density at radius 3 is 2.59 bits per heavy atom. The van der Waals surface area contributed by atoms with E-state index in [9.17, 15) is 13.2 Å². The van der Waals surface area contributed by atoms with Crippen LogP contribution in [0.1, 0.15) is 25.7 Å². The third-order valence-electron chi connectivity index (χ3n) is 5.16. The molecule has 2 aliphatic carbocycles. The fourth-order valence-electron chi connectivity index (χ4n) is 3.21. The second kappa shape index (κ2) is 6.64. The number of nitrogens with one attached hydrogen (secondary N) is 2. The van der Waals surface area contributed by atoms with Gasteiger partial charge < -0.3 is 9.88 Å². The Bertz CT molecular complexity index is 1280. The van der Waals surface area contributed by atoms with Gasteiger partial charge in [0, 0.05) is 24.7 Å². The maximum Gasteiger partial charge on any atom is 0.264 e. The average molecular weight is 411 g/mol. The lowest BCUT2D eigenvalue weighted by Crippen LogP contribution is -2.25. The van der Waals surface area contributed by atoms with Gasteiger partial charge in [0.25, 0.3) is 5.56 Å². The van der Waals surface area contributed by atoms with Crippen LogP contribution < -0.4 is 15.6 Å². The zero-order valence-electron chi connectivity index (χ0n) is 15.9. The smallest absolute Gasteiger partial charge is 0.264 e. The first-order valence-corrected chi connectivity index (χ1v) is 11.1. The van der Waals surface area contributed by atoms with E-state index in [2.05, 4.69) is 20.0 Å². The van der Waals surface area contributed by atoms with Crippen LogP contribution in [0.2, 0.25) is 0 Å². The summed E-state index contributed by atoms with van der Waals surface area (Å²) in [5.41, 5.74) is 1.60. The summed E-state index contributed by atoms with van der Waals surface area (Å²) in [6.07, 6.45) is 5.31. The molecule has 0 radical (unpaired) electrons. The first-order valence-electron chi connectivity index (χ1n) is 9.66. The highest BCUT2D eigenvalue weighted by Gasteiger charge is 2.28. The van der Waals surface area contributed by atoms with Crippen molar-refractivity contribution in [3.8, 4) is 11.3 Å². The molecule has 0 unspecified atom stereocenters. The van der Waals surface area contributed by atoms with Crippen molar-refractivity contribution in [3.63, 3.8) is 0 Å². The fourth-order valence-corrected chi connectivity index (χ4v) is 4.56. The van der Waals surface area contributed by atoms with Crippen LogP contribution in [0.25, 0.3) is 22.2 Å². The number of hydrogen-bond acceptors (Lipinski definition) is 6. The number of anilines is 1. The number of benzene rings is 1. The van der Waals surface area contributed by atoms with Crippen molar-refractivity contribution < 1.29 is 8.42 Å². The molecule has 0 bridgehead atoms. The van der Waals surface area contributed by atoms with Gasteiger partial charge in [-0.3, -0.25) is 4.79 Å². The van der Waals surface area contributed by atoms with Crippen LogP contribution in [0.4, 0.5) is 5.82 Å². The van der Waals surface area contributed by atoms with Crippen LogP contribution in [0.5, 0.6) is 0 Å². The molecule has 2 N–H and O–H groups in total. The minimum Gasteiger partial charge on any atom is -0.367 e. The summed E-state index contributed by atoms with van der Waals surface area (Å²) in [6.45, 7) is 0. The second-order valence-electron chi connectivity index (χ2n) is 7.75. The molecule has 0 amide bonds. The van der Waals surface area contributed by atoms with Crippen molar-refractivity contribution in [2.75, 3.05) is 5.32 Å². The molecule has 2 aliphatic rings. The summed E-state index contributed by atoms with van der Waals surface area (Å²) >= 11 is 0. The Morgan fingerprint density at radius 2 is 1.86 bits per heavy atom. The van der Waals surface area contributed by atoms with Gasteiger partial charge in [0.2, 0.25) is 10.0 Å². The second-order valence-corrected chi connectivity index (χ2v) is 9.47. The van der Waals surface area contributed by atoms with Crippen LogP contribution in [0, 0.1) is 0 Å². The van der Waals surface area contributed by atoms with Crippen molar-refractivity contribution in [1.29, 1.82) is 0 Å². The molecule has 0 spiro atoms. The third-order valence-corrected chi connectivity index (χ3v) is 6.68. The van der Waals surface area contributed by atoms with Crippen molar-refractivity contribution in [2.45, 2.75) is 42.7 Å². The molecule has 3 aromatic rings. The van der Waals surface area contributed by atoms with Gasteiger partial charge in [-0.25, -0.2) is 23.1 Å². The van der Waals surface area contributed by atoms with Gasteiger partial charge in [-0.15, -0.1) is 0 Å². The molecule has 2 aromatic heterocycles. The topological polar surface area (TPSA) is 106 Å². The summed E-state index contributed by atoms with van der Waals surface area (Å²) in [5, 5.41) is 3.77. The van der Waals surface area contributed by atoms with Gasteiger partial charge >= 0.3 is 0 Å². The normalized spacial score (nSPS) is 16.9. The summed E-state index contributed by atoms with van der Waals surface area (Å²) in [4.78, 5) is 21.9. The van der Waals surface area contributed by atoms with E-state index in [0.29, 0.717) is 34.0 Å². The Hall–Kier alpha value is -2.78. The van der Waals surface area contributed by atoms with E-state index in [1.54, 1.807) is 31.3 Å². The lowest BCUT2D eigenvalue weighted by atomic mass is 10.1. The maximum atomic E-state index is 12.6. The number of sulfonamides is 1. The van der Waals surface area contributed by atoms with Crippen molar-refractivity contribution >= 4 is 26.7 Å². The molecule has 8 nitrogen and oxygen atoms in total. The van der Waals surface area contributed by atoms with Gasteiger partial charge in [-0.2, -0.15) is 0 Å². The molecule has 2 heterocycles. The quantitative estimate of drug-likeness (QED) is 0.643. The van der Waals surface area contributed by atoms with E-state index in [0.717, 1.165) is 25.7 Å². The Kier molecular flexibility index (Phi) is 4.18. The van der Waals surface area contributed by atoms with E-state index in [4.69, 9.17) is 0 Å². The number of fused-ring (bicyclic) bond motifs is 1. The molecule has 0 atom stereocenters. The van der Waals surface area contributed by atoms with Gasteiger partial charge in [0.15, 0.2) is 0 Å². The standard InChI is InChI=1S/C20H21N5O3S/c1-25-11-21-17-10-16(23-19(18(17)20(25)26)22-13-5-6-13)12-3-2-4-15(9-12)29(27,28)24-14-7-8-14/h2-4,9-11,13-14,24H,5-8H2,1H3,(H,22,23). The number of hydrogen-bond donors (Lipinski definition) is 2. The molecule has 0 aliphatic heterocycles. The van der Waals surface area contributed by atoms with Gasteiger partial charge in [-0.05, 0) is 43.9 Å². The Labute approximate surface area is 168 Å². The maximum absolute atomic E-state index is 12.6. The molecule has 150 valence electrons. The zero-order chi connectivity index (χ0) is 20.2. The fraction of sp³-hybridized carbons (Fsp3) is 0.350. The van der Waals surface area contributed by atoms with Crippen LogP contribution in [0.15, 0.2) is 46.3 Å². The largest absolute Gasteiger partial charge is 0.367 e. The molecule has 2 saturated carbocycles. The van der Waals surface area contributed by atoms with Crippen LogP contribution >= 0.6 is 0 Å². The molecular formula is C20H21N5O3S. The van der Waals surface area contributed by atoms with Crippen LogP contribution in [-0.2, 0) is 17.1 Å². The molecule has 1 aromatic carbocycles. The Balaban J connectivity index is 1.62. The highest BCUT2D eigenvalue weighted by Crippen LogP contribution is 2.30. The summed E-state index contributed by atoms with van der Waals surface area (Å²) in [5.74, 6) is 0.498. The van der Waals surface area contributed by atoms with Crippen LogP contribution in [-0.4, -0.2) is 35.0 Å². The molecule has 9 heteroatoms. The number of rotatable bonds is 6. The number of aromatic nitrogens is 3. The first kappa shape index (κ1) is 18.3. The predicted molar refractivity (Wildman–Crippen MR) is 110 cm³/mol. The van der Waals surface area contributed by atoms with Crippen molar-refractivity contribution in [1.82, 2.24) is 19.3 Å². The van der Waals surface area contributed by atoms with Crippen molar-refractivity contribution in [3.05, 3.63) is 47.0 Å². The Morgan fingerprint density at radius 1 is 1.10 bits per heavy atom. The highest BCUT2D eigenvalue weighted by atomic mass is 32.2. The average Bonchev–Trinajstić information content (AvgIpc) is 3.62. The predicted octanol–water partition coefficient (Wildman–Crippen LogP) is 2.01. The molecule has 0 saturated heterocycles. The molecule has 29 heavy (non-hydrogen) atoms. The molecular weight excluding hydrogens is 390 g/mol. The SMILES string of the molecule is Cn1cnc2cc(-c3cccc(S(=O)(=O)NC4CC4)c3)nc(NC3CC3)c2c1=O. The number of pyridine rings is 1. The van der Waals surface area contributed by atoms with Gasteiger partial charge in [0.1, 0.15) is 11.2 Å². The minimum absolute atomic E-state index is 0.0391. The molecule has 5 rings (SSSR count).